The van der Waals surface area contributed by atoms with Gasteiger partial charge in [0.15, 0.2) is 6.29 Å². The van der Waals surface area contributed by atoms with Gasteiger partial charge in [0.2, 0.25) is 0 Å². The number of ether oxygens (including phenoxy) is 2. The molecule has 1 saturated heterocycles. The molecule has 0 bridgehead atoms. The van der Waals surface area contributed by atoms with Gasteiger partial charge in [-0.15, -0.1) is 0 Å². The van der Waals surface area contributed by atoms with Crippen molar-refractivity contribution in [1.82, 2.24) is 0 Å². The first-order valence-electron chi connectivity index (χ1n) is 6.88. The highest BCUT2D eigenvalue weighted by molar-refractivity contribution is 5.75. The van der Waals surface area contributed by atoms with Gasteiger partial charge in [0.25, 0.3) is 0 Å². The first-order valence-corrected chi connectivity index (χ1v) is 6.88. The van der Waals surface area contributed by atoms with E-state index in [2.05, 4.69) is 0 Å². The molecule has 0 amide bonds. The monoisotopic (exact) mass is 290 g/mol. The molecular formula is C13H22O7. The molecule has 7 heteroatoms. The van der Waals surface area contributed by atoms with Crippen molar-refractivity contribution in [2.45, 2.75) is 56.4 Å². The van der Waals surface area contributed by atoms with Crippen molar-refractivity contribution >= 4 is 5.78 Å². The molecule has 1 aliphatic heterocycles. The second kappa shape index (κ2) is 6.05. The van der Waals surface area contributed by atoms with Crippen LogP contribution in [0.15, 0.2) is 0 Å². The summed E-state index contributed by atoms with van der Waals surface area (Å²) in [5.74, 6) is -0.638. The Labute approximate surface area is 117 Å². The van der Waals surface area contributed by atoms with E-state index >= 15 is 0 Å². The third-order valence-electron chi connectivity index (χ3n) is 4.07. The number of fused-ring (bicyclic) bond motifs is 1. The van der Waals surface area contributed by atoms with Crippen molar-refractivity contribution in [3.8, 4) is 0 Å². The van der Waals surface area contributed by atoms with E-state index in [0.717, 1.165) is 0 Å². The largest absolute Gasteiger partial charge is 0.394 e. The van der Waals surface area contributed by atoms with Crippen LogP contribution in [0.3, 0.4) is 0 Å². The first kappa shape index (κ1) is 15.8. The van der Waals surface area contributed by atoms with Gasteiger partial charge in [-0.3, -0.25) is 0 Å². The molecule has 4 N–H and O–H groups in total. The molecule has 0 aromatic heterocycles. The quantitative estimate of drug-likeness (QED) is 0.424. The molecule has 1 saturated carbocycles. The Morgan fingerprint density at radius 3 is 2.65 bits per heavy atom. The summed E-state index contributed by atoms with van der Waals surface area (Å²) in [6, 6.07) is 0. The molecular weight excluding hydrogens is 268 g/mol. The summed E-state index contributed by atoms with van der Waals surface area (Å²) in [5, 5.41) is 38.8. The average molecular weight is 290 g/mol. The van der Waals surface area contributed by atoms with E-state index in [1.807, 2.05) is 0 Å². The zero-order chi connectivity index (χ0) is 14.9. The van der Waals surface area contributed by atoms with Crippen LogP contribution in [-0.4, -0.2) is 69.6 Å². The summed E-state index contributed by atoms with van der Waals surface area (Å²) in [7, 11) is 0. The van der Waals surface area contributed by atoms with Crippen LogP contribution in [0, 0.1) is 5.92 Å². The number of ketones is 1. The highest BCUT2D eigenvalue weighted by Gasteiger charge is 2.75. The van der Waals surface area contributed by atoms with Gasteiger partial charge >= 0.3 is 0 Å². The van der Waals surface area contributed by atoms with Crippen molar-refractivity contribution in [3.05, 3.63) is 0 Å². The van der Waals surface area contributed by atoms with E-state index in [-0.39, 0.29) is 5.78 Å². The van der Waals surface area contributed by atoms with Gasteiger partial charge < -0.3 is 34.7 Å². The summed E-state index contributed by atoms with van der Waals surface area (Å²) < 4.78 is 10.7. The standard InChI is InChI=1S/C13H22O7/c1-7(15)4-2-3-5-19-12-10(16)9-11(17)13(9,18)8(6-14)20-12/h8-12,14,16-18H,2-6H2,1H3/t8?,9-,10?,11?,12-,13?/m0/s1. The summed E-state index contributed by atoms with van der Waals surface area (Å²) in [4.78, 5) is 10.8. The van der Waals surface area contributed by atoms with Gasteiger partial charge in [-0.05, 0) is 19.8 Å². The minimum atomic E-state index is -1.58. The van der Waals surface area contributed by atoms with E-state index in [1.54, 1.807) is 0 Å². The summed E-state index contributed by atoms with van der Waals surface area (Å²) >= 11 is 0. The molecule has 2 fully saturated rings. The Morgan fingerprint density at radius 1 is 1.35 bits per heavy atom. The van der Waals surface area contributed by atoms with E-state index in [1.165, 1.54) is 6.92 Å². The molecule has 0 radical (unpaired) electrons. The Kier molecular flexibility index (Phi) is 4.78. The summed E-state index contributed by atoms with van der Waals surface area (Å²) in [6.45, 7) is 1.37. The number of carbonyl (C=O) groups excluding carboxylic acids is 1. The maximum Gasteiger partial charge on any atom is 0.184 e. The highest BCUT2D eigenvalue weighted by Crippen LogP contribution is 2.53. The second-order valence-electron chi connectivity index (χ2n) is 5.55. The lowest BCUT2D eigenvalue weighted by Crippen LogP contribution is -2.51. The third kappa shape index (κ3) is 2.74. The molecule has 2 rings (SSSR count). The molecule has 4 unspecified atom stereocenters. The molecule has 0 aromatic rings. The number of aliphatic hydroxyl groups excluding tert-OH is 3. The van der Waals surface area contributed by atoms with Crippen LogP contribution >= 0.6 is 0 Å². The molecule has 7 nitrogen and oxygen atoms in total. The Balaban J connectivity index is 1.79. The SMILES string of the molecule is CC(=O)CCCCO[C@H]1OC(CO)C2(O)C(O)[C@@H]2C1O. The number of hydrogen-bond donors (Lipinski definition) is 4. The van der Waals surface area contributed by atoms with Crippen LogP contribution < -0.4 is 0 Å². The third-order valence-corrected chi connectivity index (χ3v) is 4.07. The number of rotatable bonds is 7. The van der Waals surface area contributed by atoms with Crippen molar-refractivity contribution in [2.24, 2.45) is 5.92 Å². The second-order valence-corrected chi connectivity index (χ2v) is 5.55. The van der Waals surface area contributed by atoms with E-state index in [4.69, 9.17) is 9.47 Å². The Hall–Kier alpha value is -0.570. The maximum absolute atomic E-state index is 10.8. The van der Waals surface area contributed by atoms with E-state index < -0.39 is 42.7 Å². The smallest absolute Gasteiger partial charge is 0.184 e. The van der Waals surface area contributed by atoms with Crippen LogP contribution in [0.2, 0.25) is 0 Å². The van der Waals surface area contributed by atoms with Gasteiger partial charge in [-0.25, -0.2) is 0 Å². The molecule has 0 aromatic carbocycles. The van der Waals surface area contributed by atoms with Crippen LogP contribution in [0.1, 0.15) is 26.2 Å². The number of Topliss-reactive ketones (excluding diaryl/α,β-unsaturated/α-hetero) is 1. The van der Waals surface area contributed by atoms with E-state index in [0.29, 0.717) is 25.9 Å². The minimum Gasteiger partial charge on any atom is -0.394 e. The van der Waals surface area contributed by atoms with Gasteiger partial charge in [-0.2, -0.15) is 0 Å². The first-order chi connectivity index (χ1) is 9.42. The fraction of sp³-hybridized carbons (Fsp3) is 0.923. The molecule has 6 atom stereocenters. The average Bonchev–Trinajstić information content (AvgIpc) is 2.95. The fourth-order valence-electron chi connectivity index (χ4n) is 2.79. The minimum absolute atomic E-state index is 0.116. The van der Waals surface area contributed by atoms with Crippen LogP contribution in [0.25, 0.3) is 0 Å². The van der Waals surface area contributed by atoms with Crippen molar-refractivity contribution in [1.29, 1.82) is 0 Å². The molecule has 20 heavy (non-hydrogen) atoms. The lowest BCUT2D eigenvalue weighted by Gasteiger charge is -2.35. The lowest BCUT2D eigenvalue weighted by molar-refractivity contribution is -0.273. The van der Waals surface area contributed by atoms with Crippen LogP contribution in [0.4, 0.5) is 0 Å². The highest BCUT2D eigenvalue weighted by atomic mass is 16.7. The van der Waals surface area contributed by atoms with Gasteiger partial charge in [0.1, 0.15) is 23.6 Å². The zero-order valence-electron chi connectivity index (χ0n) is 11.4. The molecule has 116 valence electrons. The van der Waals surface area contributed by atoms with Crippen molar-refractivity contribution in [2.75, 3.05) is 13.2 Å². The number of aliphatic hydroxyl groups is 4. The van der Waals surface area contributed by atoms with E-state index in [9.17, 15) is 25.2 Å². The normalized spacial score (nSPS) is 43.1. The Bertz CT molecular complexity index is 357. The van der Waals surface area contributed by atoms with Crippen molar-refractivity contribution < 1.29 is 34.7 Å². The zero-order valence-corrected chi connectivity index (χ0v) is 11.4. The van der Waals surface area contributed by atoms with Gasteiger partial charge in [-0.1, -0.05) is 0 Å². The molecule has 1 heterocycles. The fourth-order valence-corrected chi connectivity index (χ4v) is 2.79. The Morgan fingerprint density at radius 2 is 2.05 bits per heavy atom. The summed E-state index contributed by atoms with van der Waals surface area (Å²) in [5.41, 5.74) is -1.58. The number of hydrogen-bond acceptors (Lipinski definition) is 7. The van der Waals surface area contributed by atoms with Crippen LogP contribution in [-0.2, 0) is 14.3 Å². The van der Waals surface area contributed by atoms with Crippen LogP contribution in [0.5, 0.6) is 0 Å². The molecule has 1 aliphatic carbocycles. The van der Waals surface area contributed by atoms with Crippen molar-refractivity contribution in [3.63, 3.8) is 0 Å². The lowest BCUT2D eigenvalue weighted by atomic mass is 10.0. The van der Waals surface area contributed by atoms with Gasteiger partial charge in [0.05, 0.1) is 18.6 Å². The topological polar surface area (TPSA) is 116 Å². The van der Waals surface area contributed by atoms with Gasteiger partial charge in [0, 0.05) is 13.0 Å². The molecule has 0 spiro atoms. The number of unbranched alkanes of at least 4 members (excludes halogenated alkanes) is 1. The number of carbonyl (C=O) groups is 1. The predicted octanol–water partition coefficient (Wildman–Crippen LogP) is -1.44. The maximum atomic E-state index is 10.8. The predicted molar refractivity (Wildman–Crippen MR) is 66.7 cm³/mol. The summed E-state index contributed by atoms with van der Waals surface area (Å²) in [6.07, 6.45) is -2.37. The molecule has 2 aliphatic rings.